The summed E-state index contributed by atoms with van der Waals surface area (Å²) in [5.74, 6) is 0.618. The van der Waals surface area contributed by atoms with E-state index >= 15 is 0 Å². The molecule has 1 aliphatic heterocycles. The average Bonchev–Trinajstić information content (AvgIpc) is 3.11. The lowest BCUT2D eigenvalue weighted by Gasteiger charge is -2.28. The number of non-ortho nitro benzene ring substituents is 1. The lowest BCUT2D eigenvalue weighted by Crippen LogP contribution is -2.43. The summed E-state index contributed by atoms with van der Waals surface area (Å²) in [6.45, 7) is 0. The third-order valence-electron chi connectivity index (χ3n) is 4.42. The van der Waals surface area contributed by atoms with Crippen LogP contribution in [0.25, 0.3) is 0 Å². The number of rotatable bonds is 2. The average molecular weight is 355 g/mol. The number of nitro benzene ring substituents is 1. The first-order valence-corrected chi connectivity index (χ1v) is 7.61. The van der Waals surface area contributed by atoms with Gasteiger partial charge in [0.2, 0.25) is 5.95 Å². The van der Waals surface area contributed by atoms with Crippen molar-refractivity contribution in [3.63, 3.8) is 0 Å². The van der Waals surface area contributed by atoms with Crippen LogP contribution >= 0.6 is 0 Å². The quantitative estimate of drug-likeness (QED) is 0.404. The second kappa shape index (κ2) is 5.37. The molecule has 11 nitrogen and oxygen atoms in total. The van der Waals surface area contributed by atoms with Gasteiger partial charge in [-0.1, -0.05) is 12.1 Å². The van der Waals surface area contributed by atoms with Crippen LogP contribution in [0, 0.1) is 10.1 Å². The van der Waals surface area contributed by atoms with Crippen LogP contribution in [-0.4, -0.2) is 28.8 Å². The van der Waals surface area contributed by atoms with Gasteiger partial charge in [0.25, 0.3) is 11.2 Å². The van der Waals surface area contributed by atoms with E-state index in [1.54, 1.807) is 6.07 Å². The summed E-state index contributed by atoms with van der Waals surface area (Å²) in [6, 6.07) is 5.21. The Labute approximate surface area is 145 Å². The fourth-order valence-corrected chi connectivity index (χ4v) is 3.14. The number of fused-ring (bicyclic) bond motifs is 2. The minimum absolute atomic E-state index is 0.106. The van der Waals surface area contributed by atoms with Crippen LogP contribution in [0.5, 0.6) is 0 Å². The summed E-state index contributed by atoms with van der Waals surface area (Å²) in [4.78, 5) is 39.8. The zero-order valence-corrected chi connectivity index (χ0v) is 13.8. The van der Waals surface area contributed by atoms with Crippen molar-refractivity contribution in [1.29, 1.82) is 0 Å². The molecule has 3 heterocycles. The maximum Gasteiger partial charge on any atom is 0.332 e. The van der Waals surface area contributed by atoms with Crippen LogP contribution in [0.1, 0.15) is 17.2 Å². The highest BCUT2D eigenvalue weighted by atomic mass is 16.6. The SMILES string of the molecule is Cn1c2c(c(=O)n(C)c1=O)C(c1cccc([N+](=O)[O-])c1)n1ncnc1N2. The molecule has 3 aromatic rings. The molecule has 2 aromatic heterocycles. The monoisotopic (exact) mass is 355 g/mol. The molecule has 26 heavy (non-hydrogen) atoms. The molecule has 1 N–H and O–H groups in total. The molecule has 0 saturated carbocycles. The highest BCUT2D eigenvalue weighted by Crippen LogP contribution is 2.36. The number of nitrogens with one attached hydrogen (secondary N) is 1. The Morgan fingerprint density at radius 2 is 2.00 bits per heavy atom. The van der Waals surface area contributed by atoms with Crippen molar-refractivity contribution in [2.24, 2.45) is 14.1 Å². The molecule has 0 aliphatic carbocycles. The van der Waals surface area contributed by atoms with E-state index in [2.05, 4.69) is 15.4 Å². The van der Waals surface area contributed by atoms with Gasteiger partial charge in [-0.15, -0.1) is 0 Å². The van der Waals surface area contributed by atoms with Crippen LogP contribution < -0.4 is 16.6 Å². The maximum absolute atomic E-state index is 12.8. The highest BCUT2D eigenvalue weighted by molar-refractivity contribution is 5.61. The van der Waals surface area contributed by atoms with Crippen molar-refractivity contribution in [2.45, 2.75) is 6.04 Å². The van der Waals surface area contributed by atoms with E-state index in [-0.39, 0.29) is 17.1 Å². The van der Waals surface area contributed by atoms with Crippen molar-refractivity contribution in [1.82, 2.24) is 23.9 Å². The van der Waals surface area contributed by atoms with Crippen molar-refractivity contribution in [3.05, 3.63) is 72.7 Å². The van der Waals surface area contributed by atoms with Gasteiger partial charge >= 0.3 is 5.69 Å². The molecular weight excluding hydrogens is 342 g/mol. The van der Waals surface area contributed by atoms with Gasteiger partial charge in [0.1, 0.15) is 18.2 Å². The molecule has 0 amide bonds. The van der Waals surface area contributed by atoms with Crippen LogP contribution in [0.2, 0.25) is 0 Å². The zero-order chi connectivity index (χ0) is 18.6. The van der Waals surface area contributed by atoms with Gasteiger partial charge in [-0.05, 0) is 5.56 Å². The molecule has 1 atom stereocenters. The van der Waals surface area contributed by atoms with Crippen LogP contribution in [0.15, 0.2) is 40.2 Å². The van der Waals surface area contributed by atoms with E-state index in [1.165, 1.54) is 47.9 Å². The normalized spacial score (nSPS) is 15.1. The fraction of sp³-hybridized carbons (Fsp3) is 0.200. The lowest BCUT2D eigenvalue weighted by atomic mass is 9.98. The standard InChI is InChI=1S/C15H13N7O4/c1-19-12-10(13(23)20(2)15(19)24)11(21-14(18-12)16-7-17-21)8-4-3-5-9(6-8)22(25)26/h3-7,11H,1-2H3,(H,16,17,18). The van der Waals surface area contributed by atoms with E-state index in [9.17, 15) is 19.7 Å². The Bertz CT molecular complexity index is 1170. The molecule has 11 heteroatoms. The zero-order valence-electron chi connectivity index (χ0n) is 13.8. The van der Waals surface area contributed by atoms with Gasteiger partial charge in [-0.25, -0.2) is 9.48 Å². The number of hydrogen-bond donors (Lipinski definition) is 1. The molecule has 4 rings (SSSR count). The van der Waals surface area contributed by atoms with E-state index < -0.39 is 22.2 Å². The summed E-state index contributed by atoms with van der Waals surface area (Å²) in [5.41, 5.74) is -0.358. The molecule has 0 fully saturated rings. The van der Waals surface area contributed by atoms with E-state index in [1.807, 2.05) is 0 Å². The predicted molar refractivity (Wildman–Crippen MR) is 90.6 cm³/mol. The van der Waals surface area contributed by atoms with Crippen molar-refractivity contribution in [2.75, 3.05) is 5.32 Å². The number of nitro groups is 1. The number of hydrogen-bond acceptors (Lipinski definition) is 7. The Balaban J connectivity index is 2.07. The Kier molecular flexibility index (Phi) is 3.26. The minimum atomic E-state index is -0.755. The second-order valence-corrected chi connectivity index (χ2v) is 5.88. The fourth-order valence-electron chi connectivity index (χ4n) is 3.14. The summed E-state index contributed by atoms with van der Waals surface area (Å²) >= 11 is 0. The third kappa shape index (κ3) is 2.06. The molecule has 132 valence electrons. The van der Waals surface area contributed by atoms with E-state index in [4.69, 9.17) is 0 Å². The van der Waals surface area contributed by atoms with E-state index in [0.717, 1.165) is 4.57 Å². The van der Waals surface area contributed by atoms with Gasteiger partial charge in [-0.3, -0.25) is 24.0 Å². The minimum Gasteiger partial charge on any atom is -0.310 e. The topological polar surface area (TPSA) is 130 Å². The van der Waals surface area contributed by atoms with Gasteiger partial charge in [0, 0.05) is 26.2 Å². The first-order chi connectivity index (χ1) is 12.4. The molecule has 1 unspecified atom stereocenters. The van der Waals surface area contributed by atoms with Gasteiger partial charge in [0.05, 0.1) is 10.5 Å². The predicted octanol–water partition coefficient (Wildman–Crippen LogP) is 0.278. The Morgan fingerprint density at radius 3 is 2.73 bits per heavy atom. The van der Waals surface area contributed by atoms with Crippen LogP contribution in [0.4, 0.5) is 17.5 Å². The molecule has 0 bridgehead atoms. The van der Waals surface area contributed by atoms with Crippen LogP contribution in [0.3, 0.4) is 0 Å². The van der Waals surface area contributed by atoms with Crippen molar-refractivity contribution >= 4 is 17.5 Å². The first-order valence-electron chi connectivity index (χ1n) is 7.61. The Hall–Kier alpha value is -3.76. The summed E-state index contributed by atoms with van der Waals surface area (Å²) in [7, 11) is 2.91. The number of benzene rings is 1. The summed E-state index contributed by atoms with van der Waals surface area (Å²) in [6.07, 6.45) is 1.31. The summed E-state index contributed by atoms with van der Waals surface area (Å²) in [5, 5.41) is 18.2. The largest absolute Gasteiger partial charge is 0.332 e. The lowest BCUT2D eigenvalue weighted by molar-refractivity contribution is -0.384. The second-order valence-electron chi connectivity index (χ2n) is 5.88. The molecule has 0 saturated heterocycles. The van der Waals surface area contributed by atoms with Gasteiger partial charge in [0.15, 0.2) is 0 Å². The van der Waals surface area contributed by atoms with Crippen molar-refractivity contribution < 1.29 is 4.92 Å². The van der Waals surface area contributed by atoms with Gasteiger partial charge in [-0.2, -0.15) is 10.1 Å². The first kappa shape index (κ1) is 15.7. The third-order valence-corrected chi connectivity index (χ3v) is 4.42. The number of anilines is 2. The van der Waals surface area contributed by atoms with Crippen LogP contribution in [-0.2, 0) is 14.1 Å². The van der Waals surface area contributed by atoms with E-state index in [0.29, 0.717) is 11.5 Å². The number of aromatic nitrogens is 5. The Morgan fingerprint density at radius 1 is 1.23 bits per heavy atom. The van der Waals surface area contributed by atoms with Gasteiger partial charge < -0.3 is 5.32 Å². The highest BCUT2D eigenvalue weighted by Gasteiger charge is 2.34. The molecule has 1 aliphatic rings. The van der Waals surface area contributed by atoms with Crippen molar-refractivity contribution in [3.8, 4) is 0 Å². The summed E-state index contributed by atoms with van der Waals surface area (Å²) < 4.78 is 3.76. The molecular formula is C15H13N7O4. The number of nitrogens with zero attached hydrogens (tertiary/aromatic N) is 6. The molecule has 0 radical (unpaired) electrons. The molecule has 1 aromatic carbocycles. The molecule has 0 spiro atoms. The smallest absolute Gasteiger partial charge is 0.310 e. The maximum atomic E-state index is 12.8.